The molecule has 0 aromatic heterocycles. The van der Waals surface area contributed by atoms with Crippen LogP contribution in [0.4, 0.5) is 0 Å². The van der Waals surface area contributed by atoms with Crippen molar-refractivity contribution >= 4 is 41.1 Å². The van der Waals surface area contributed by atoms with E-state index in [0.717, 1.165) is 21.3 Å². The fourth-order valence-corrected chi connectivity index (χ4v) is 5.36. The normalized spacial score (nSPS) is 23.6. The quantitative estimate of drug-likeness (QED) is 0.564. The lowest BCUT2D eigenvalue weighted by atomic mass is 10.0. The van der Waals surface area contributed by atoms with E-state index in [1.165, 1.54) is 0 Å². The largest absolute Gasteiger partial charge is 0.454 e. The van der Waals surface area contributed by atoms with Gasteiger partial charge in [0.1, 0.15) is 6.10 Å². The molecule has 1 fully saturated rings. The highest BCUT2D eigenvalue weighted by molar-refractivity contribution is 8.25. The minimum absolute atomic E-state index is 0.213. The second-order valence-corrected chi connectivity index (χ2v) is 7.69. The predicted molar refractivity (Wildman–Crippen MR) is 87.3 cm³/mol. The van der Waals surface area contributed by atoms with Gasteiger partial charge >= 0.3 is 5.97 Å². The monoisotopic (exact) mass is 354 g/mol. The molecule has 0 spiro atoms. The van der Waals surface area contributed by atoms with Gasteiger partial charge in [-0.25, -0.2) is 4.79 Å². The van der Waals surface area contributed by atoms with Crippen LogP contribution in [0.1, 0.15) is 11.7 Å². The maximum Gasteiger partial charge on any atom is 0.342 e. The van der Waals surface area contributed by atoms with Crippen molar-refractivity contribution in [1.29, 1.82) is 0 Å². The Bertz CT molecular complexity index is 705. The number of halogens is 1. The Morgan fingerprint density at radius 1 is 1.14 bits per heavy atom. The van der Waals surface area contributed by atoms with E-state index < -0.39 is 6.10 Å². The molecule has 3 aliphatic rings. The molecule has 22 heavy (non-hydrogen) atoms. The first-order valence-corrected chi connectivity index (χ1v) is 9.05. The molecular formula is C15H11ClO4S2. The van der Waals surface area contributed by atoms with Crippen LogP contribution in [0.3, 0.4) is 0 Å². The van der Waals surface area contributed by atoms with E-state index in [-0.39, 0.29) is 12.8 Å². The molecule has 1 aromatic carbocycles. The molecule has 0 radical (unpaired) electrons. The number of carbonyl (C=O) groups excluding carboxylic acids is 1. The number of ether oxygens (including phenoxy) is 3. The molecule has 0 N–H and O–H groups in total. The van der Waals surface area contributed by atoms with Gasteiger partial charge in [0.25, 0.3) is 0 Å². The van der Waals surface area contributed by atoms with Gasteiger partial charge < -0.3 is 14.2 Å². The predicted octanol–water partition coefficient (Wildman–Crippen LogP) is 3.83. The van der Waals surface area contributed by atoms with Gasteiger partial charge in [-0.05, 0) is 18.2 Å². The van der Waals surface area contributed by atoms with Gasteiger partial charge in [0.15, 0.2) is 11.5 Å². The van der Waals surface area contributed by atoms with E-state index in [0.29, 0.717) is 22.1 Å². The zero-order valence-corrected chi connectivity index (χ0v) is 13.7. The number of esters is 1. The number of hydrogen-bond donors (Lipinski definition) is 0. The minimum atomic E-state index is -0.504. The molecular weight excluding hydrogens is 344 g/mol. The van der Waals surface area contributed by atoms with Crippen molar-refractivity contribution in [2.24, 2.45) is 0 Å². The van der Waals surface area contributed by atoms with Crippen LogP contribution in [0.15, 0.2) is 39.1 Å². The third-order valence-corrected chi connectivity index (χ3v) is 6.48. The standard InChI is InChI=1S/C15H11ClO4S2/c16-9-6-11(8-1-2-10-12(5-8)19-7-18-10)20-14(17)13(9)15-21-3-4-22-15/h1-2,5-6,11H,3-4,7H2. The molecule has 1 unspecified atom stereocenters. The van der Waals surface area contributed by atoms with Crippen LogP contribution < -0.4 is 9.47 Å². The molecule has 1 atom stereocenters. The van der Waals surface area contributed by atoms with Gasteiger partial charge in [-0.1, -0.05) is 17.7 Å². The number of rotatable bonds is 1. The lowest BCUT2D eigenvalue weighted by Crippen LogP contribution is -2.18. The lowest BCUT2D eigenvalue weighted by Gasteiger charge is -2.22. The summed E-state index contributed by atoms with van der Waals surface area (Å²) < 4.78 is 17.1. The first kappa shape index (κ1) is 14.4. The van der Waals surface area contributed by atoms with Crippen LogP contribution >= 0.6 is 35.1 Å². The van der Waals surface area contributed by atoms with Crippen LogP contribution in [-0.4, -0.2) is 24.3 Å². The second-order valence-electron chi connectivity index (χ2n) is 4.81. The van der Waals surface area contributed by atoms with Crippen LogP contribution in [0.25, 0.3) is 0 Å². The molecule has 4 rings (SSSR count). The summed E-state index contributed by atoms with van der Waals surface area (Å²) >= 11 is 9.64. The number of thioether (sulfide) groups is 2. The fraction of sp³-hybridized carbons (Fsp3) is 0.267. The van der Waals surface area contributed by atoms with Crippen LogP contribution in [0.5, 0.6) is 11.5 Å². The zero-order valence-electron chi connectivity index (χ0n) is 11.3. The Morgan fingerprint density at radius 3 is 2.68 bits per heavy atom. The summed E-state index contributed by atoms with van der Waals surface area (Å²) in [5, 5.41) is 0.454. The third kappa shape index (κ3) is 2.49. The summed E-state index contributed by atoms with van der Waals surface area (Å²) in [6.07, 6.45) is 1.26. The summed E-state index contributed by atoms with van der Waals surface area (Å²) in [5.41, 5.74) is 1.30. The number of hydrogen-bond acceptors (Lipinski definition) is 6. The van der Waals surface area contributed by atoms with Gasteiger partial charge in [0.2, 0.25) is 6.79 Å². The van der Waals surface area contributed by atoms with Crippen molar-refractivity contribution in [3.8, 4) is 11.5 Å². The number of carbonyl (C=O) groups is 1. The van der Waals surface area contributed by atoms with E-state index in [1.54, 1.807) is 29.6 Å². The molecule has 114 valence electrons. The minimum Gasteiger partial charge on any atom is -0.454 e. The SMILES string of the molecule is O=C1OC(c2ccc3c(c2)OCO3)C=C(Cl)C1=C1SCCS1. The number of fused-ring (bicyclic) bond motifs is 1. The van der Waals surface area contributed by atoms with Gasteiger partial charge in [0, 0.05) is 17.1 Å². The Kier molecular flexibility index (Phi) is 3.76. The average molecular weight is 355 g/mol. The summed E-state index contributed by atoms with van der Waals surface area (Å²) in [6.45, 7) is 0.213. The van der Waals surface area contributed by atoms with E-state index in [2.05, 4.69) is 0 Å². The van der Waals surface area contributed by atoms with E-state index in [4.69, 9.17) is 25.8 Å². The first-order valence-electron chi connectivity index (χ1n) is 6.70. The average Bonchev–Trinajstić information content (AvgIpc) is 3.17. The van der Waals surface area contributed by atoms with Crippen molar-refractivity contribution in [3.05, 3.63) is 44.7 Å². The molecule has 3 aliphatic heterocycles. The van der Waals surface area contributed by atoms with Gasteiger partial charge in [-0.3, -0.25) is 0 Å². The lowest BCUT2D eigenvalue weighted by molar-refractivity contribution is -0.142. The molecule has 7 heteroatoms. The molecule has 3 heterocycles. The number of benzene rings is 1. The summed E-state index contributed by atoms with van der Waals surface area (Å²) in [6, 6.07) is 5.48. The van der Waals surface area contributed by atoms with Crippen molar-refractivity contribution < 1.29 is 19.0 Å². The van der Waals surface area contributed by atoms with E-state index >= 15 is 0 Å². The zero-order chi connectivity index (χ0) is 15.1. The molecule has 4 nitrogen and oxygen atoms in total. The van der Waals surface area contributed by atoms with E-state index in [9.17, 15) is 4.79 Å². The Labute approximate surface area is 140 Å². The smallest absolute Gasteiger partial charge is 0.342 e. The summed E-state index contributed by atoms with van der Waals surface area (Å²) in [7, 11) is 0. The summed E-state index contributed by atoms with van der Waals surface area (Å²) in [5.74, 6) is 2.97. The van der Waals surface area contributed by atoms with Gasteiger partial charge in [-0.15, -0.1) is 23.5 Å². The molecule has 0 amide bonds. The van der Waals surface area contributed by atoms with Gasteiger partial charge in [-0.2, -0.15) is 0 Å². The van der Waals surface area contributed by atoms with Gasteiger partial charge in [0.05, 0.1) is 14.8 Å². The number of cyclic esters (lactones) is 1. The van der Waals surface area contributed by atoms with Crippen molar-refractivity contribution in [3.63, 3.8) is 0 Å². The molecule has 0 bridgehead atoms. The van der Waals surface area contributed by atoms with Crippen molar-refractivity contribution in [1.82, 2.24) is 0 Å². The topological polar surface area (TPSA) is 44.8 Å². The molecule has 1 saturated heterocycles. The van der Waals surface area contributed by atoms with Crippen molar-refractivity contribution in [2.75, 3.05) is 18.3 Å². The fourth-order valence-electron chi connectivity index (χ4n) is 2.41. The molecule has 0 saturated carbocycles. The highest BCUT2D eigenvalue weighted by Gasteiger charge is 2.31. The van der Waals surface area contributed by atoms with E-state index in [1.807, 2.05) is 18.2 Å². The van der Waals surface area contributed by atoms with Crippen LogP contribution in [0, 0.1) is 0 Å². The maximum absolute atomic E-state index is 12.3. The third-order valence-electron chi connectivity index (χ3n) is 3.45. The highest BCUT2D eigenvalue weighted by Crippen LogP contribution is 2.45. The maximum atomic E-state index is 12.3. The molecule has 1 aromatic rings. The van der Waals surface area contributed by atoms with Crippen LogP contribution in [0.2, 0.25) is 0 Å². The summed E-state index contributed by atoms with van der Waals surface area (Å²) in [4.78, 5) is 12.3. The van der Waals surface area contributed by atoms with Crippen LogP contribution in [-0.2, 0) is 9.53 Å². The second kappa shape index (κ2) is 5.76. The highest BCUT2D eigenvalue weighted by atomic mass is 35.5. The Hall–Kier alpha value is -1.24. The first-order chi connectivity index (χ1) is 10.7. The Morgan fingerprint density at radius 2 is 1.91 bits per heavy atom. The molecule has 0 aliphatic carbocycles. The van der Waals surface area contributed by atoms with Crippen molar-refractivity contribution in [2.45, 2.75) is 6.10 Å². The Balaban J connectivity index is 1.68.